The molecule has 246 valence electrons. The van der Waals surface area contributed by atoms with Crippen LogP contribution >= 0.6 is 0 Å². The normalized spacial score (nSPS) is 24.2. The molecular weight excluding hydrogens is 537 g/mol. The lowest BCUT2D eigenvalue weighted by molar-refractivity contribution is -0.213. The molecule has 1 aliphatic carbocycles. The van der Waals surface area contributed by atoms with Crippen LogP contribution in [0.25, 0.3) is 0 Å². The highest BCUT2D eigenvalue weighted by atomic mass is 16.6. The summed E-state index contributed by atoms with van der Waals surface area (Å²) in [5, 5.41) is 64.5. The van der Waals surface area contributed by atoms with Crippen LogP contribution in [0.1, 0.15) is 136 Å². The van der Waals surface area contributed by atoms with Gasteiger partial charge in [0, 0.05) is 0 Å². The third-order valence-corrected chi connectivity index (χ3v) is 8.38. The summed E-state index contributed by atoms with van der Waals surface area (Å²) < 4.78 is 17.6. The van der Waals surface area contributed by atoms with E-state index in [-0.39, 0.29) is 0 Å². The predicted octanol–water partition coefficient (Wildman–Crippen LogP) is 4.76. The van der Waals surface area contributed by atoms with E-state index >= 15 is 0 Å². The first-order chi connectivity index (χ1) is 20.3. The van der Waals surface area contributed by atoms with Crippen molar-refractivity contribution in [2.45, 2.75) is 192 Å². The zero-order valence-corrected chi connectivity index (χ0v) is 27.0. The fourth-order valence-electron chi connectivity index (χ4n) is 5.68. The topological polar surface area (TPSA) is 149 Å². The van der Waals surface area contributed by atoms with E-state index in [0.29, 0.717) is 19.0 Å². The molecule has 9 nitrogen and oxygen atoms in total. The lowest BCUT2D eigenvalue weighted by Crippen LogP contribution is -2.67. The summed E-state index contributed by atoms with van der Waals surface area (Å²) in [6.45, 7) is 6.48. The second-order valence-electron chi connectivity index (χ2n) is 12.3. The first-order valence-corrected chi connectivity index (χ1v) is 17.3. The lowest BCUT2D eigenvalue weighted by Gasteiger charge is -2.47. The molecule has 6 N–H and O–H groups in total. The molecule has 0 saturated heterocycles. The van der Waals surface area contributed by atoms with Gasteiger partial charge in [0.25, 0.3) is 0 Å². The van der Waals surface area contributed by atoms with Crippen LogP contribution in [0.15, 0.2) is 0 Å². The quantitative estimate of drug-likeness (QED) is 0.0580. The molecule has 6 atom stereocenters. The first kappa shape index (κ1) is 39.9. The van der Waals surface area contributed by atoms with Crippen LogP contribution in [-0.4, -0.2) is 88.4 Å². The van der Waals surface area contributed by atoms with Gasteiger partial charge in [0.15, 0.2) is 0 Å². The van der Waals surface area contributed by atoms with Gasteiger partial charge in [-0.3, -0.25) is 0 Å². The minimum atomic E-state index is -1.64. The average Bonchev–Trinajstić information content (AvgIpc) is 2.97. The van der Waals surface area contributed by atoms with Crippen LogP contribution in [0.5, 0.6) is 0 Å². The summed E-state index contributed by atoms with van der Waals surface area (Å²) in [6, 6.07) is 0. The summed E-state index contributed by atoms with van der Waals surface area (Å²) in [6.07, 6.45) is 11.2. The maximum atomic E-state index is 10.9. The molecule has 2 unspecified atom stereocenters. The van der Waals surface area contributed by atoms with Crippen LogP contribution < -0.4 is 0 Å². The van der Waals surface area contributed by atoms with E-state index in [1.807, 2.05) is 0 Å². The molecule has 0 aromatic heterocycles. The third-order valence-electron chi connectivity index (χ3n) is 8.38. The van der Waals surface area contributed by atoms with E-state index in [1.165, 1.54) is 19.3 Å². The molecule has 0 amide bonds. The van der Waals surface area contributed by atoms with Crippen LogP contribution in [0, 0.1) is 0 Å². The fraction of sp³-hybridized carbons (Fsp3) is 1.00. The fourth-order valence-corrected chi connectivity index (χ4v) is 5.68. The zero-order valence-electron chi connectivity index (χ0n) is 27.0. The van der Waals surface area contributed by atoms with Gasteiger partial charge in [0.1, 0.15) is 18.3 Å². The molecule has 0 bridgehead atoms. The van der Waals surface area contributed by atoms with Crippen molar-refractivity contribution in [3.8, 4) is 0 Å². The van der Waals surface area contributed by atoms with Crippen molar-refractivity contribution in [3.05, 3.63) is 0 Å². The Morgan fingerprint density at radius 2 is 0.643 bits per heavy atom. The Bertz CT molecular complexity index is 587. The highest BCUT2D eigenvalue weighted by molar-refractivity contribution is 6.43. The van der Waals surface area contributed by atoms with Gasteiger partial charge < -0.3 is 44.4 Å². The van der Waals surface area contributed by atoms with Gasteiger partial charge in [-0.05, 0) is 19.0 Å². The average molecular weight is 600 g/mol. The molecule has 0 radical (unpaired) electrons. The van der Waals surface area contributed by atoms with E-state index in [4.69, 9.17) is 14.0 Å². The van der Waals surface area contributed by atoms with Crippen molar-refractivity contribution >= 4 is 21.4 Å². The van der Waals surface area contributed by atoms with Crippen LogP contribution in [0.4, 0.5) is 0 Å². The SMILES string of the molecule is CCCCCCCCB(O)OC1[C@@H](OB(O)CCCCCCCC)[C@H](O)C(O)[C@@H](O)[C@H]1OB(O)CCCCCCCC. The highest BCUT2D eigenvalue weighted by Crippen LogP contribution is 2.31. The molecule has 1 aliphatic rings. The molecule has 1 fully saturated rings. The second-order valence-corrected chi connectivity index (χ2v) is 12.3. The summed E-state index contributed by atoms with van der Waals surface area (Å²) in [5.41, 5.74) is 0. The Kier molecular flexibility index (Phi) is 23.8. The number of unbranched alkanes of at least 4 members (excludes halogenated alkanes) is 15. The van der Waals surface area contributed by atoms with Crippen molar-refractivity contribution in [2.75, 3.05) is 0 Å². The molecule has 0 aromatic rings. The highest BCUT2D eigenvalue weighted by Gasteiger charge is 2.53. The van der Waals surface area contributed by atoms with E-state index in [0.717, 1.165) is 96.3 Å². The molecule has 0 aromatic carbocycles. The maximum absolute atomic E-state index is 10.9. The van der Waals surface area contributed by atoms with Gasteiger partial charge in [-0.25, -0.2) is 0 Å². The number of rotatable bonds is 27. The van der Waals surface area contributed by atoms with Gasteiger partial charge >= 0.3 is 21.4 Å². The molecule has 0 spiro atoms. The van der Waals surface area contributed by atoms with Gasteiger partial charge in [-0.15, -0.1) is 0 Å². The predicted molar refractivity (Wildman–Crippen MR) is 171 cm³/mol. The summed E-state index contributed by atoms with van der Waals surface area (Å²) >= 11 is 0. The molecule has 12 heteroatoms. The maximum Gasteiger partial charge on any atom is 0.454 e. The second kappa shape index (κ2) is 25.1. The van der Waals surface area contributed by atoms with Gasteiger partial charge in [-0.1, -0.05) is 136 Å². The van der Waals surface area contributed by atoms with E-state index in [1.54, 1.807) is 0 Å². The van der Waals surface area contributed by atoms with Crippen molar-refractivity contribution in [1.82, 2.24) is 0 Å². The Hall–Kier alpha value is -0.165. The number of hydrogen-bond acceptors (Lipinski definition) is 9. The molecule has 0 aliphatic heterocycles. The zero-order chi connectivity index (χ0) is 31.2. The van der Waals surface area contributed by atoms with Crippen molar-refractivity contribution < 1.29 is 44.4 Å². The Morgan fingerprint density at radius 1 is 0.381 bits per heavy atom. The first-order valence-electron chi connectivity index (χ1n) is 17.3. The minimum absolute atomic E-state index is 0.340. The smallest absolute Gasteiger partial charge is 0.427 e. The molecule has 42 heavy (non-hydrogen) atoms. The number of aliphatic hydroxyl groups excluding tert-OH is 3. The van der Waals surface area contributed by atoms with E-state index in [9.17, 15) is 30.4 Å². The third kappa shape index (κ3) is 16.8. The van der Waals surface area contributed by atoms with Gasteiger partial charge in [0.2, 0.25) is 0 Å². The van der Waals surface area contributed by atoms with Gasteiger partial charge in [0.05, 0.1) is 18.3 Å². The number of aliphatic hydroxyl groups is 3. The standard InChI is InChI=1S/C30H63B3O9/c1-4-7-10-13-16-19-22-31(37)40-28-26(35)25(34)27(36)29(41-32(38)23-20-17-14-11-8-5-2)30(28)42-33(39)24-21-18-15-12-9-6-3/h25-30,34-39H,4-24H2,1-3H3/t25?,26-,27-,28-,29+,30?/m1/s1. The Balaban J connectivity index is 2.86. The molecule has 0 heterocycles. The molecular formula is C30H63B3O9. The van der Waals surface area contributed by atoms with Gasteiger partial charge in [-0.2, -0.15) is 0 Å². The molecule has 1 saturated carbocycles. The Morgan fingerprint density at radius 3 is 0.952 bits per heavy atom. The monoisotopic (exact) mass is 600 g/mol. The van der Waals surface area contributed by atoms with Crippen molar-refractivity contribution in [2.24, 2.45) is 0 Å². The summed E-state index contributed by atoms with van der Waals surface area (Å²) in [5.74, 6) is 0. The molecule has 1 rings (SSSR count). The summed E-state index contributed by atoms with van der Waals surface area (Å²) in [4.78, 5) is 0. The Labute approximate surface area is 257 Å². The van der Waals surface area contributed by atoms with Crippen molar-refractivity contribution in [1.29, 1.82) is 0 Å². The van der Waals surface area contributed by atoms with Crippen molar-refractivity contribution in [3.63, 3.8) is 0 Å². The van der Waals surface area contributed by atoms with Crippen LogP contribution in [0.2, 0.25) is 19.0 Å². The van der Waals surface area contributed by atoms with E-state index in [2.05, 4.69) is 20.8 Å². The number of hydrogen-bond donors (Lipinski definition) is 6. The van der Waals surface area contributed by atoms with Crippen LogP contribution in [-0.2, 0) is 14.0 Å². The van der Waals surface area contributed by atoms with E-state index < -0.39 is 58.0 Å². The summed E-state index contributed by atoms with van der Waals surface area (Å²) in [7, 11) is -3.68. The van der Waals surface area contributed by atoms with Crippen LogP contribution in [0.3, 0.4) is 0 Å². The lowest BCUT2D eigenvalue weighted by atomic mass is 9.75. The minimum Gasteiger partial charge on any atom is -0.427 e. The largest absolute Gasteiger partial charge is 0.454 e.